The first-order valence-electron chi connectivity index (χ1n) is 10.2. The Labute approximate surface area is 175 Å². The molecule has 0 aliphatic heterocycles. The number of carbonyl (C=O) groups excluding carboxylic acids is 1. The molecule has 0 spiro atoms. The molecule has 30 heavy (non-hydrogen) atoms. The number of rotatable bonds is 4. The first-order valence-corrected chi connectivity index (χ1v) is 11.7. The maximum Gasteiger partial charge on any atom is 0.334 e. The highest BCUT2D eigenvalue weighted by Gasteiger charge is 2.26. The Bertz CT molecular complexity index is 1250. The van der Waals surface area contributed by atoms with E-state index in [-0.39, 0.29) is 0 Å². The molecule has 0 saturated carbocycles. The van der Waals surface area contributed by atoms with E-state index in [2.05, 4.69) is 20.8 Å². The van der Waals surface area contributed by atoms with E-state index in [4.69, 9.17) is 0 Å². The zero-order valence-corrected chi connectivity index (χ0v) is 17.6. The maximum absolute atomic E-state index is 12.6. The van der Waals surface area contributed by atoms with Gasteiger partial charge in [0.15, 0.2) is 0 Å². The van der Waals surface area contributed by atoms with Crippen LogP contribution in [0.1, 0.15) is 35.1 Å². The molecule has 2 aromatic carbocycles. The smallest absolute Gasteiger partial charge is 0.334 e. The number of nitrogens with one attached hydrogen (secondary N) is 3. The maximum atomic E-state index is 12.6. The summed E-state index contributed by atoms with van der Waals surface area (Å²) in [5.41, 5.74) is 7.09. The number of anilines is 2. The van der Waals surface area contributed by atoms with E-state index in [1.165, 1.54) is 11.1 Å². The number of aryl methyl sites for hydroxylation is 3. The molecule has 0 fully saturated rings. The monoisotopic (exact) mass is 424 g/mol. The quantitative estimate of drug-likeness (QED) is 0.597. The Morgan fingerprint density at radius 1 is 0.967 bits per heavy atom. The fourth-order valence-electron chi connectivity index (χ4n) is 4.75. The number of amides is 2. The van der Waals surface area contributed by atoms with Gasteiger partial charge in [-0.05, 0) is 85.0 Å². The van der Waals surface area contributed by atoms with Gasteiger partial charge in [-0.1, -0.05) is 6.07 Å². The molecular weight excluding hydrogens is 400 g/mol. The number of aromatic nitrogens is 1. The number of benzene rings is 2. The lowest BCUT2D eigenvalue weighted by molar-refractivity contribution is 0.256. The summed E-state index contributed by atoms with van der Waals surface area (Å²) >= 11 is 0. The molecule has 3 N–H and O–H groups in total. The second-order valence-corrected chi connectivity index (χ2v) is 9.51. The summed E-state index contributed by atoms with van der Waals surface area (Å²) in [5.74, 6) is 0. The van der Waals surface area contributed by atoms with Crippen molar-refractivity contribution in [2.24, 2.45) is 7.05 Å². The largest absolute Gasteiger partial charge is 0.351 e. The lowest BCUT2D eigenvalue weighted by Crippen LogP contribution is -2.38. The van der Waals surface area contributed by atoms with Crippen LogP contribution in [0.5, 0.6) is 0 Å². The summed E-state index contributed by atoms with van der Waals surface area (Å²) in [6, 6.07) is 8.69. The predicted octanol–water partition coefficient (Wildman–Crippen LogP) is 3.63. The van der Waals surface area contributed by atoms with Crippen LogP contribution >= 0.6 is 0 Å². The molecule has 0 atom stereocenters. The van der Waals surface area contributed by atoms with Crippen LogP contribution in [0.3, 0.4) is 0 Å². The molecule has 0 radical (unpaired) electrons. The van der Waals surface area contributed by atoms with E-state index in [9.17, 15) is 13.2 Å². The van der Waals surface area contributed by atoms with Crippen LogP contribution in [0.4, 0.5) is 16.2 Å². The van der Waals surface area contributed by atoms with Crippen molar-refractivity contribution in [2.75, 3.05) is 10.0 Å². The molecular formula is C22H24N4O3S. The zero-order chi connectivity index (χ0) is 20.9. The summed E-state index contributed by atoms with van der Waals surface area (Å²) in [5, 5.41) is 3.76. The molecule has 2 aliphatic carbocycles. The van der Waals surface area contributed by atoms with Crippen LogP contribution < -0.4 is 14.8 Å². The second-order valence-electron chi connectivity index (χ2n) is 8.10. The van der Waals surface area contributed by atoms with Gasteiger partial charge in [-0.15, -0.1) is 0 Å². The summed E-state index contributed by atoms with van der Waals surface area (Å²) in [6.07, 6.45) is 7.90. The zero-order valence-electron chi connectivity index (χ0n) is 16.8. The number of hydrogen-bond donors (Lipinski definition) is 3. The van der Waals surface area contributed by atoms with Crippen molar-refractivity contribution in [3.8, 4) is 0 Å². The fraction of sp³-hybridized carbons (Fsp3) is 0.318. The van der Waals surface area contributed by atoms with Crippen molar-refractivity contribution >= 4 is 38.5 Å². The van der Waals surface area contributed by atoms with Crippen LogP contribution in [0.25, 0.3) is 10.9 Å². The van der Waals surface area contributed by atoms with Gasteiger partial charge in [0.1, 0.15) is 0 Å². The Kier molecular flexibility index (Phi) is 4.47. The first-order chi connectivity index (χ1) is 14.4. The minimum absolute atomic E-state index is 0.399. The Balaban J connectivity index is 1.34. The minimum Gasteiger partial charge on any atom is -0.351 e. The lowest BCUT2D eigenvalue weighted by atomic mass is 9.99. The Hall–Kier alpha value is -3.00. The van der Waals surface area contributed by atoms with Crippen LogP contribution in [0, 0.1) is 0 Å². The summed E-state index contributed by atoms with van der Waals surface area (Å²) in [6.45, 7) is 0. The molecule has 8 heteroatoms. The first kappa shape index (κ1) is 19.0. The van der Waals surface area contributed by atoms with Gasteiger partial charge < -0.3 is 9.88 Å². The van der Waals surface area contributed by atoms with E-state index in [1.807, 2.05) is 29.9 Å². The Morgan fingerprint density at radius 2 is 1.67 bits per heavy atom. The molecule has 156 valence electrons. The van der Waals surface area contributed by atoms with Gasteiger partial charge in [0, 0.05) is 29.8 Å². The molecule has 3 aromatic rings. The standard InChI is InChI=1S/C22H24N4O3S/c1-26-11-10-16-13-17(8-9-20(16)26)24-30(28,29)25-22(27)23-21-18-6-2-4-14(18)12-15-5-3-7-19(15)21/h8-13,24H,2-7H2,1H3,(H2,23,25,27). The average molecular weight is 425 g/mol. The number of carbonyl (C=O) groups is 1. The van der Waals surface area contributed by atoms with Crippen LogP contribution in [0.2, 0.25) is 0 Å². The van der Waals surface area contributed by atoms with Crippen molar-refractivity contribution in [1.29, 1.82) is 0 Å². The van der Waals surface area contributed by atoms with E-state index < -0.39 is 16.2 Å². The van der Waals surface area contributed by atoms with Gasteiger partial charge >= 0.3 is 16.2 Å². The molecule has 2 amide bonds. The van der Waals surface area contributed by atoms with Crippen LogP contribution in [-0.2, 0) is 42.9 Å². The van der Waals surface area contributed by atoms with Gasteiger partial charge in [-0.25, -0.2) is 9.52 Å². The van der Waals surface area contributed by atoms with E-state index in [1.54, 1.807) is 12.1 Å². The minimum atomic E-state index is -4.06. The highest BCUT2D eigenvalue weighted by molar-refractivity contribution is 7.91. The van der Waals surface area contributed by atoms with Gasteiger partial charge in [0.05, 0.1) is 5.69 Å². The number of hydrogen-bond acceptors (Lipinski definition) is 3. The molecule has 1 aromatic heterocycles. The normalized spacial score (nSPS) is 15.1. The molecule has 0 saturated heterocycles. The fourth-order valence-corrected chi connectivity index (χ4v) is 5.54. The molecule has 5 rings (SSSR count). The van der Waals surface area contributed by atoms with Gasteiger partial charge in [-0.3, -0.25) is 4.72 Å². The predicted molar refractivity (Wildman–Crippen MR) is 118 cm³/mol. The molecule has 7 nitrogen and oxygen atoms in total. The third kappa shape index (κ3) is 3.41. The van der Waals surface area contributed by atoms with Crippen LogP contribution in [-0.4, -0.2) is 19.0 Å². The van der Waals surface area contributed by atoms with E-state index >= 15 is 0 Å². The third-order valence-electron chi connectivity index (χ3n) is 6.08. The second kappa shape index (κ2) is 7.05. The van der Waals surface area contributed by atoms with Gasteiger partial charge in [-0.2, -0.15) is 8.42 Å². The Morgan fingerprint density at radius 3 is 2.37 bits per heavy atom. The van der Waals surface area contributed by atoms with Crippen molar-refractivity contribution in [3.63, 3.8) is 0 Å². The number of fused-ring (bicyclic) bond motifs is 3. The molecule has 2 aliphatic rings. The SMILES string of the molecule is Cn1ccc2cc(NS(=O)(=O)NC(=O)Nc3c4c(cc5c3CCC5)CCC4)ccc21. The van der Waals surface area contributed by atoms with Gasteiger partial charge in [0.2, 0.25) is 0 Å². The van der Waals surface area contributed by atoms with Crippen molar-refractivity contribution < 1.29 is 13.2 Å². The summed E-state index contributed by atoms with van der Waals surface area (Å²) < 4.78 is 31.5. The highest BCUT2D eigenvalue weighted by Crippen LogP contribution is 2.38. The topological polar surface area (TPSA) is 92.2 Å². The van der Waals surface area contributed by atoms with Crippen LogP contribution in [0.15, 0.2) is 36.5 Å². The third-order valence-corrected chi connectivity index (χ3v) is 7.03. The summed E-state index contributed by atoms with van der Waals surface area (Å²) in [7, 11) is -2.14. The molecule has 0 bridgehead atoms. The van der Waals surface area contributed by atoms with Gasteiger partial charge in [0.25, 0.3) is 0 Å². The highest BCUT2D eigenvalue weighted by atomic mass is 32.2. The van der Waals surface area contributed by atoms with E-state index in [0.29, 0.717) is 5.69 Å². The lowest BCUT2D eigenvalue weighted by Gasteiger charge is -2.17. The number of urea groups is 1. The average Bonchev–Trinajstić information content (AvgIpc) is 3.40. The molecule has 1 heterocycles. The van der Waals surface area contributed by atoms with Crippen molar-refractivity contribution in [2.45, 2.75) is 38.5 Å². The summed E-state index contributed by atoms with van der Waals surface area (Å²) in [4.78, 5) is 12.6. The van der Waals surface area contributed by atoms with Crippen molar-refractivity contribution in [3.05, 3.63) is 58.8 Å². The van der Waals surface area contributed by atoms with Crippen molar-refractivity contribution in [1.82, 2.24) is 9.29 Å². The van der Waals surface area contributed by atoms with E-state index in [0.717, 1.165) is 66.2 Å². The number of nitrogens with zero attached hydrogens (tertiary/aromatic N) is 1. The molecule has 0 unspecified atom stereocenters.